The van der Waals surface area contributed by atoms with Crippen LogP contribution < -0.4 is 4.90 Å². The molecule has 2 aromatic carbocycles. The van der Waals surface area contributed by atoms with Crippen molar-refractivity contribution in [3.63, 3.8) is 0 Å². The number of benzene rings is 2. The molecule has 2 aromatic heterocycles. The molecule has 0 saturated carbocycles. The summed E-state index contributed by atoms with van der Waals surface area (Å²) in [5, 5.41) is 1.79. The topological polar surface area (TPSA) is 55.5 Å². The van der Waals surface area contributed by atoms with Crippen LogP contribution in [0.15, 0.2) is 73.1 Å². The number of rotatable bonds is 7. The summed E-state index contributed by atoms with van der Waals surface area (Å²) in [6, 6.07) is 20.6. The van der Waals surface area contributed by atoms with E-state index in [4.69, 9.17) is 11.6 Å². The normalized spacial score (nSPS) is 15.1. The van der Waals surface area contributed by atoms with Crippen LogP contribution in [-0.2, 0) is 4.79 Å². The van der Waals surface area contributed by atoms with Crippen LogP contribution in [0.25, 0.3) is 22.2 Å². The lowest BCUT2D eigenvalue weighted by molar-refractivity contribution is -0.133. The molecule has 37 heavy (non-hydrogen) atoms. The number of aromatic nitrogens is 2. The van der Waals surface area contributed by atoms with Gasteiger partial charge in [0, 0.05) is 67.1 Å². The zero-order valence-corrected chi connectivity index (χ0v) is 22.4. The number of H-pyrrole nitrogens is 1. The van der Waals surface area contributed by atoms with Crippen molar-refractivity contribution >= 4 is 34.2 Å². The fraction of sp³-hybridized carbons (Fsp3) is 0.333. The molecule has 0 spiro atoms. The van der Waals surface area contributed by atoms with E-state index in [9.17, 15) is 4.79 Å². The molecule has 4 aromatic rings. The minimum atomic E-state index is -0.228. The van der Waals surface area contributed by atoms with Crippen molar-refractivity contribution in [3.05, 3.63) is 83.6 Å². The van der Waals surface area contributed by atoms with Gasteiger partial charge in [-0.05, 0) is 50.2 Å². The van der Waals surface area contributed by atoms with Gasteiger partial charge >= 0.3 is 0 Å². The minimum Gasteiger partial charge on any atom is -0.367 e. The number of piperazine rings is 1. The van der Waals surface area contributed by atoms with Gasteiger partial charge in [-0.25, -0.2) is 4.98 Å². The van der Waals surface area contributed by atoms with Gasteiger partial charge < -0.3 is 19.7 Å². The van der Waals surface area contributed by atoms with Gasteiger partial charge in [0.1, 0.15) is 5.65 Å². The molecule has 0 bridgehead atoms. The zero-order valence-electron chi connectivity index (χ0n) is 21.7. The molecule has 192 valence electrons. The molecule has 5 rings (SSSR count). The number of hydrogen-bond donors (Lipinski definition) is 1. The number of nitrogens with zero attached hydrogens (tertiary/aromatic N) is 4. The van der Waals surface area contributed by atoms with Crippen molar-refractivity contribution in [1.29, 1.82) is 0 Å². The third-order valence-electron chi connectivity index (χ3n) is 7.47. The van der Waals surface area contributed by atoms with Crippen LogP contribution >= 0.6 is 11.6 Å². The molecule has 3 heterocycles. The van der Waals surface area contributed by atoms with Crippen molar-refractivity contribution in [3.8, 4) is 11.1 Å². The first-order valence-corrected chi connectivity index (χ1v) is 13.3. The fourth-order valence-electron chi connectivity index (χ4n) is 5.05. The van der Waals surface area contributed by atoms with Crippen molar-refractivity contribution in [1.82, 2.24) is 19.8 Å². The summed E-state index contributed by atoms with van der Waals surface area (Å²) in [5.41, 5.74) is 5.33. The number of likely N-dealkylation sites (N-methyl/N-ethyl adjacent to an activating group) is 1. The maximum Gasteiger partial charge on any atom is 0.231 e. The molecule has 6 nitrogen and oxygen atoms in total. The van der Waals surface area contributed by atoms with Crippen LogP contribution in [0.1, 0.15) is 25.3 Å². The Kier molecular flexibility index (Phi) is 7.49. The van der Waals surface area contributed by atoms with Crippen LogP contribution in [0, 0.1) is 0 Å². The van der Waals surface area contributed by atoms with Gasteiger partial charge in [0.2, 0.25) is 5.91 Å². The maximum atomic E-state index is 13.9. The Morgan fingerprint density at radius 2 is 1.73 bits per heavy atom. The van der Waals surface area contributed by atoms with Crippen molar-refractivity contribution < 1.29 is 4.79 Å². The second-order valence-corrected chi connectivity index (χ2v) is 10.5. The second kappa shape index (κ2) is 11.0. The van der Waals surface area contributed by atoms with E-state index < -0.39 is 0 Å². The van der Waals surface area contributed by atoms with Gasteiger partial charge in [-0.2, -0.15) is 0 Å². The maximum absolute atomic E-state index is 13.9. The standard InChI is InChI=1S/C30H34ClN5O/c1-21(2)34(3)20-27(23-9-11-24(31)12-10-23)30(37)36-17-15-35(16-18-36)28-25-13-14-32-29(25)33-19-26(28)22-7-5-4-6-8-22/h4-14,19,21,27H,15-18,20H2,1-3H3,(H,32,33)/t27-/m1/s1. The molecule has 1 N–H and O–H groups in total. The van der Waals surface area contributed by atoms with Crippen LogP contribution in [0.2, 0.25) is 5.02 Å². The van der Waals surface area contributed by atoms with E-state index in [1.807, 2.05) is 47.6 Å². The highest BCUT2D eigenvalue weighted by Crippen LogP contribution is 2.37. The summed E-state index contributed by atoms with van der Waals surface area (Å²) in [6.45, 7) is 7.87. The van der Waals surface area contributed by atoms with E-state index in [2.05, 4.69) is 71.0 Å². The largest absolute Gasteiger partial charge is 0.367 e. The summed E-state index contributed by atoms with van der Waals surface area (Å²) in [7, 11) is 2.08. The Morgan fingerprint density at radius 3 is 2.41 bits per heavy atom. The number of aromatic amines is 1. The zero-order chi connectivity index (χ0) is 25.9. The molecule has 0 aliphatic carbocycles. The molecule has 1 aliphatic rings. The van der Waals surface area contributed by atoms with Gasteiger partial charge in [-0.1, -0.05) is 54.1 Å². The van der Waals surface area contributed by atoms with E-state index >= 15 is 0 Å². The first-order valence-electron chi connectivity index (χ1n) is 12.9. The molecule has 1 aliphatic heterocycles. The van der Waals surface area contributed by atoms with Crippen LogP contribution in [0.5, 0.6) is 0 Å². The van der Waals surface area contributed by atoms with E-state index in [0.717, 1.165) is 40.8 Å². The summed E-state index contributed by atoms with van der Waals surface area (Å²) >= 11 is 6.15. The molecule has 1 saturated heterocycles. The molecule has 7 heteroatoms. The van der Waals surface area contributed by atoms with Crippen molar-refractivity contribution in [2.24, 2.45) is 0 Å². The number of carbonyl (C=O) groups excluding carboxylic acids is 1. The number of anilines is 1. The van der Waals surface area contributed by atoms with E-state index in [1.54, 1.807) is 0 Å². The fourth-order valence-corrected chi connectivity index (χ4v) is 5.18. The molecule has 1 atom stereocenters. The summed E-state index contributed by atoms with van der Waals surface area (Å²) < 4.78 is 0. The average molecular weight is 516 g/mol. The third kappa shape index (κ3) is 5.36. The number of hydrogen-bond acceptors (Lipinski definition) is 4. The van der Waals surface area contributed by atoms with Gasteiger partial charge in [-0.3, -0.25) is 4.79 Å². The first-order chi connectivity index (χ1) is 17.9. The first kappa shape index (κ1) is 25.3. The Labute approximate surface area is 223 Å². The lowest BCUT2D eigenvalue weighted by Gasteiger charge is -2.39. The van der Waals surface area contributed by atoms with Gasteiger partial charge in [0.15, 0.2) is 0 Å². The number of amides is 1. The van der Waals surface area contributed by atoms with Crippen LogP contribution in [-0.4, -0.2) is 71.5 Å². The van der Waals surface area contributed by atoms with E-state index in [1.165, 1.54) is 5.69 Å². The predicted molar refractivity (Wildman–Crippen MR) is 152 cm³/mol. The summed E-state index contributed by atoms with van der Waals surface area (Å²) in [4.78, 5) is 28.5. The average Bonchev–Trinajstić information content (AvgIpc) is 3.41. The Bertz CT molecular complexity index is 1340. The highest BCUT2D eigenvalue weighted by atomic mass is 35.5. The Hall–Kier alpha value is -3.35. The number of pyridine rings is 1. The van der Waals surface area contributed by atoms with Gasteiger partial charge in [0.05, 0.1) is 11.6 Å². The molecule has 1 fully saturated rings. The number of carbonyl (C=O) groups is 1. The third-order valence-corrected chi connectivity index (χ3v) is 7.73. The van der Waals surface area contributed by atoms with Crippen molar-refractivity contribution in [2.45, 2.75) is 25.8 Å². The lowest BCUT2D eigenvalue weighted by atomic mass is 9.96. The lowest BCUT2D eigenvalue weighted by Crippen LogP contribution is -2.51. The number of halogens is 1. The molecule has 0 unspecified atom stereocenters. The van der Waals surface area contributed by atoms with Crippen LogP contribution in [0.4, 0.5) is 5.69 Å². The van der Waals surface area contributed by atoms with E-state index in [0.29, 0.717) is 30.7 Å². The highest BCUT2D eigenvalue weighted by molar-refractivity contribution is 6.30. The van der Waals surface area contributed by atoms with Gasteiger partial charge in [0.25, 0.3) is 0 Å². The molecule has 0 radical (unpaired) electrons. The van der Waals surface area contributed by atoms with E-state index in [-0.39, 0.29) is 11.8 Å². The van der Waals surface area contributed by atoms with Crippen molar-refractivity contribution in [2.75, 3.05) is 44.7 Å². The molecule has 1 amide bonds. The molecular weight excluding hydrogens is 482 g/mol. The minimum absolute atomic E-state index is 0.180. The van der Waals surface area contributed by atoms with Crippen LogP contribution in [0.3, 0.4) is 0 Å². The Morgan fingerprint density at radius 1 is 1.03 bits per heavy atom. The Balaban J connectivity index is 1.39. The number of nitrogens with one attached hydrogen (secondary N) is 1. The summed E-state index contributed by atoms with van der Waals surface area (Å²) in [5.74, 6) is -0.0484. The monoisotopic (exact) mass is 515 g/mol. The highest BCUT2D eigenvalue weighted by Gasteiger charge is 2.31. The quantitative estimate of drug-likeness (QED) is 0.345. The molecular formula is C30H34ClN5O. The SMILES string of the molecule is CC(C)N(C)C[C@@H](C(=O)N1CCN(c2c(-c3ccccc3)cnc3[nH]ccc23)CC1)c1ccc(Cl)cc1. The smallest absolute Gasteiger partial charge is 0.231 e. The van der Waals surface area contributed by atoms with Gasteiger partial charge in [-0.15, -0.1) is 0 Å². The predicted octanol–water partition coefficient (Wildman–Crippen LogP) is 5.66. The second-order valence-electron chi connectivity index (χ2n) is 10.1. The number of fused-ring (bicyclic) bond motifs is 1. The summed E-state index contributed by atoms with van der Waals surface area (Å²) in [6.07, 6.45) is 3.90.